The van der Waals surface area contributed by atoms with Crippen molar-refractivity contribution in [2.75, 3.05) is 0 Å². The Kier molecular flexibility index (Phi) is 2.89. The van der Waals surface area contributed by atoms with Crippen LogP contribution in [-0.4, -0.2) is 21.3 Å². The Morgan fingerprint density at radius 2 is 2.12 bits per heavy atom. The van der Waals surface area contributed by atoms with E-state index in [-0.39, 0.29) is 11.5 Å². The summed E-state index contributed by atoms with van der Waals surface area (Å²) >= 11 is 3.30. The summed E-state index contributed by atoms with van der Waals surface area (Å²) in [5.41, 5.74) is 1.64. The Labute approximate surface area is 105 Å². The molecule has 5 nitrogen and oxygen atoms in total. The van der Waals surface area contributed by atoms with Crippen LogP contribution in [0.5, 0.6) is 5.75 Å². The molecule has 1 heterocycles. The topological polar surface area (TPSA) is 83.6 Å². The van der Waals surface area contributed by atoms with Crippen LogP contribution >= 0.6 is 15.9 Å². The number of hydrogen-bond acceptors (Lipinski definition) is 4. The molecule has 17 heavy (non-hydrogen) atoms. The van der Waals surface area contributed by atoms with Crippen molar-refractivity contribution in [3.8, 4) is 17.0 Å². The quantitative estimate of drug-likeness (QED) is 0.890. The van der Waals surface area contributed by atoms with Gasteiger partial charge in [-0.15, -0.1) is 0 Å². The SMILES string of the molecule is Cc1c(O)cc(-c2cc(C(=O)O)on2)cc1Br. The van der Waals surface area contributed by atoms with Crippen LogP contribution in [0.25, 0.3) is 11.3 Å². The van der Waals surface area contributed by atoms with E-state index in [2.05, 4.69) is 25.6 Å². The van der Waals surface area contributed by atoms with Gasteiger partial charge >= 0.3 is 5.97 Å². The van der Waals surface area contributed by atoms with E-state index in [4.69, 9.17) is 5.11 Å². The fraction of sp³-hybridized carbons (Fsp3) is 0.0909. The Hall–Kier alpha value is -1.82. The fourth-order valence-electron chi connectivity index (χ4n) is 1.32. The Morgan fingerprint density at radius 1 is 1.41 bits per heavy atom. The molecule has 0 aliphatic carbocycles. The van der Waals surface area contributed by atoms with Crippen LogP contribution in [0.15, 0.2) is 27.2 Å². The molecule has 0 fully saturated rings. The van der Waals surface area contributed by atoms with Gasteiger partial charge in [0.2, 0.25) is 5.76 Å². The van der Waals surface area contributed by atoms with Gasteiger partial charge in [0.05, 0.1) is 0 Å². The van der Waals surface area contributed by atoms with Crippen molar-refractivity contribution in [1.29, 1.82) is 0 Å². The molecule has 0 aliphatic heterocycles. The second-order valence-corrected chi connectivity index (χ2v) is 4.34. The van der Waals surface area contributed by atoms with Gasteiger partial charge in [0, 0.05) is 21.7 Å². The first-order valence-corrected chi connectivity index (χ1v) is 5.48. The lowest BCUT2D eigenvalue weighted by atomic mass is 10.1. The number of halogens is 1. The number of phenols is 1. The minimum Gasteiger partial charge on any atom is -0.508 e. The Morgan fingerprint density at radius 3 is 2.65 bits per heavy atom. The number of aromatic nitrogens is 1. The molecule has 0 unspecified atom stereocenters. The van der Waals surface area contributed by atoms with Crippen molar-refractivity contribution in [3.63, 3.8) is 0 Å². The van der Waals surface area contributed by atoms with Gasteiger partial charge in [0.1, 0.15) is 11.4 Å². The Bertz CT molecular complexity index is 568. The van der Waals surface area contributed by atoms with Gasteiger partial charge in [0.15, 0.2) is 0 Å². The third-order valence-electron chi connectivity index (χ3n) is 2.33. The maximum Gasteiger partial charge on any atom is 0.374 e. The molecular formula is C11H8BrNO4. The molecule has 0 bridgehead atoms. The molecule has 0 radical (unpaired) electrons. The predicted molar refractivity (Wildman–Crippen MR) is 63.0 cm³/mol. The number of nitrogens with zero attached hydrogens (tertiary/aromatic N) is 1. The number of hydrogen-bond donors (Lipinski definition) is 2. The van der Waals surface area contributed by atoms with Gasteiger partial charge in [-0.1, -0.05) is 21.1 Å². The van der Waals surface area contributed by atoms with Crippen molar-refractivity contribution < 1.29 is 19.5 Å². The molecule has 0 atom stereocenters. The van der Waals surface area contributed by atoms with Gasteiger partial charge in [-0.2, -0.15) is 0 Å². The third kappa shape index (κ3) is 2.16. The van der Waals surface area contributed by atoms with E-state index >= 15 is 0 Å². The van der Waals surface area contributed by atoms with Crippen molar-refractivity contribution in [3.05, 3.63) is 34.0 Å². The summed E-state index contributed by atoms with van der Waals surface area (Å²) in [7, 11) is 0. The fourth-order valence-corrected chi connectivity index (χ4v) is 1.77. The zero-order valence-electron chi connectivity index (χ0n) is 8.77. The normalized spacial score (nSPS) is 10.5. The first kappa shape index (κ1) is 11.7. The second-order valence-electron chi connectivity index (χ2n) is 3.48. The van der Waals surface area contributed by atoms with E-state index in [1.807, 2.05) is 0 Å². The second kappa shape index (κ2) is 4.21. The molecule has 2 N–H and O–H groups in total. The summed E-state index contributed by atoms with van der Waals surface area (Å²) in [5, 5.41) is 22.0. The van der Waals surface area contributed by atoms with Gasteiger partial charge in [-0.3, -0.25) is 0 Å². The minimum atomic E-state index is -1.18. The van der Waals surface area contributed by atoms with Crippen molar-refractivity contribution in [1.82, 2.24) is 5.16 Å². The molecule has 2 aromatic rings. The number of benzene rings is 1. The average molecular weight is 298 g/mol. The van der Waals surface area contributed by atoms with Crippen molar-refractivity contribution in [2.45, 2.75) is 6.92 Å². The highest BCUT2D eigenvalue weighted by molar-refractivity contribution is 9.10. The number of aromatic hydroxyl groups is 1. The molecule has 0 spiro atoms. The van der Waals surface area contributed by atoms with Crippen molar-refractivity contribution >= 4 is 21.9 Å². The highest BCUT2D eigenvalue weighted by atomic mass is 79.9. The smallest absolute Gasteiger partial charge is 0.374 e. The number of phenolic OH excluding ortho intramolecular Hbond substituents is 1. The molecule has 0 amide bonds. The molecule has 0 saturated carbocycles. The molecule has 88 valence electrons. The minimum absolute atomic E-state index is 0.106. The van der Waals surface area contributed by atoms with Crippen LogP contribution in [-0.2, 0) is 0 Å². The zero-order chi connectivity index (χ0) is 12.6. The molecular weight excluding hydrogens is 290 g/mol. The lowest BCUT2D eigenvalue weighted by molar-refractivity contribution is 0.0652. The molecule has 1 aromatic heterocycles. The van der Waals surface area contributed by atoms with Gasteiger partial charge in [0.25, 0.3) is 0 Å². The zero-order valence-corrected chi connectivity index (χ0v) is 10.4. The van der Waals surface area contributed by atoms with Gasteiger partial charge in [-0.25, -0.2) is 4.79 Å². The third-order valence-corrected chi connectivity index (χ3v) is 3.16. The average Bonchev–Trinajstić information content (AvgIpc) is 2.74. The number of carbonyl (C=O) groups is 1. The van der Waals surface area contributed by atoms with E-state index in [1.54, 1.807) is 13.0 Å². The van der Waals surface area contributed by atoms with Crippen LogP contribution in [0.2, 0.25) is 0 Å². The molecule has 0 saturated heterocycles. The lowest BCUT2D eigenvalue weighted by Gasteiger charge is -2.03. The highest BCUT2D eigenvalue weighted by Gasteiger charge is 2.14. The number of carboxylic acids is 1. The summed E-state index contributed by atoms with van der Waals surface area (Å²) in [6, 6.07) is 4.54. The summed E-state index contributed by atoms with van der Waals surface area (Å²) in [6.45, 7) is 1.76. The summed E-state index contributed by atoms with van der Waals surface area (Å²) in [6.07, 6.45) is 0. The van der Waals surface area contributed by atoms with E-state index in [0.717, 1.165) is 0 Å². The molecule has 1 aromatic carbocycles. The largest absolute Gasteiger partial charge is 0.508 e. The maximum absolute atomic E-state index is 10.6. The van der Waals surface area contributed by atoms with Crippen LogP contribution in [0, 0.1) is 6.92 Å². The van der Waals surface area contributed by atoms with Gasteiger partial charge in [-0.05, 0) is 19.1 Å². The first-order valence-electron chi connectivity index (χ1n) is 4.68. The van der Waals surface area contributed by atoms with E-state index < -0.39 is 5.97 Å². The van der Waals surface area contributed by atoms with E-state index in [0.29, 0.717) is 21.3 Å². The summed E-state index contributed by atoms with van der Waals surface area (Å²) < 4.78 is 5.36. The van der Waals surface area contributed by atoms with Crippen molar-refractivity contribution in [2.24, 2.45) is 0 Å². The van der Waals surface area contributed by atoms with Crippen LogP contribution in [0.3, 0.4) is 0 Å². The predicted octanol–water partition coefficient (Wildman–Crippen LogP) is 2.82. The number of rotatable bonds is 2. The number of carboxylic acid groups (broad SMARTS) is 1. The monoisotopic (exact) mass is 297 g/mol. The molecule has 0 aliphatic rings. The lowest BCUT2D eigenvalue weighted by Crippen LogP contribution is -1.91. The van der Waals surface area contributed by atoms with E-state index in [1.165, 1.54) is 12.1 Å². The van der Waals surface area contributed by atoms with Crippen LogP contribution in [0.1, 0.15) is 16.1 Å². The maximum atomic E-state index is 10.6. The number of aromatic carboxylic acids is 1. The van der Waals surface area contributed by atoms with Crippen LogP contribution in [0.4, 0.5) is 0 Å². The first-order chi connectivity index (χ1) is 7.99. The molecule has 6 heteroatoms. The molecule has 2 rings (SSSR count). The summed E-state index contributed by atoms with van der Waals surface area (Å²) in [5.74, 6) is -1.32. The standard InChI is InChI=1S/C11H8BrNO4/c1-5-7(12)2-6(3-9(5)14)8-4-10(11(15)16)17-13-8/h2-4,14H,1H3,(H,15,16). The highest BCUT2D eigenvalue weighted by Crippen LogP contribution is 2.31. The van der Waals surface area contributed by atoms with E-state index in [9.17, 15) is 9.90 Å². The summed E-state index contributed by atoms with van der Waals surface area (Å²) in [4.78, 5) is 10.6. The van der Waals surface area contributed by atoms with Crippen LogP contribution < -0.4 is 0 Å². The Balaban J connectivity index is 2.49. The van der Waals surface area contributed by atoms with Gasteiger partial charge < -0.3 is 14.7 Å².